The summed E-state index contributed by atoms with van der Waals surface area (Å²) in [6, 6.07) is 9.68. The van der Waals surface area contributed by atoms with Gasteiger partial charge in [-0.1, -0.05) is 23.7 Å². The van der Waals surface area contributed by atoms with E-state index in [-0.39, 0.29) is 11.7 Å². The number of nitrogens with one attached hydrogen (secondary N) is 1. The molecule has 1 N–H and O–H groups in total. The van der Waals surface area contributed by atoms with Crippen molar-refractivity contribution in [1.82, 2.24) is 5.32 Å². The Morgan fingerprint density at radius 2 is 1.92 bits per heavy atom. The molecular weight excluding hydrogens is 345 g/mol. The molecule has 2 aromatic rings. The van der Waals surface area contributed by atoms with Crippen molar-refractivity contribution in [3.05, 3.63) is 58.4 Å². The first-order valence-electron chi connectivity index (χ1n) is 8.03. The van der Waals surface area contributed by atoms with E-state index in [1.807, 2.05) is 6.92 Å². The predicted molar refractivity (Wildman–Crippen MR) is 95.7 cm³/mol. The van der Waals surface area contributed by atoms with Crippen molar-refractivity contribution in [1.29, 1.82) is 0 Å². The molecule has 0 aliphatic carbocycles. The van der Waals surface area contributed by atoms with Crippen LogP contribution in [-0.4, -0.2) is 19.6 Å². The third-order valence-corrected chi connectivity index (χ3v) is 3.90. The number of amides is 1. The van der Waals surface area contributed by atoms with Gasteiger partial charge in [-0.3, -0.25) is 4.79 Å². The number of ether oxygens (including phenoxy) is 2. The van der Waals surface area contributed by atoms with E-state index in [0.29, 0.717) is 42.5 Å². The highest BCUT2D eigenvalue weighted by molar-refractivity contribution is 6.32. The maximum absolute atomic E-state index is 12.9. The highest BCUT2D eigenvalue weighted by Crippen LogP contribution is 2.36. The quantitative estimate of drug-likeness (QED) is 0.765. The summed E-state index contributed by atoms with van der Waals surface area (Å²) in [5.74, 6) is 0.658. The third kappa shape index (κ3) is 5.64. The maximum Gasteiger partial charge on any atom is 0.220 e. The summed E-state index contributed by atoms with van der Waals surface area (Å²) in [4.78, 5) is 12.0. The molecule has 0 atom stereocenters. The number of carbonyl (C=O) groups excluding carboxylic acids is 1. The van der Waals surface area contributed by atoms with Crippen molar-refractivity contribution < 1.29 is 18.7 Å². The summed E-state index contributed by atoms with van der Waals surface area (Å²) in [6.45, 7) is 2.69. The van der Waals surface area contributed by atoms with Gasteiger partial charge in [0.1, 0.15) is 5.82 Å². The first-order valence-corrected chi connectivity index (χ1v) is 8.41. The van der Waals surface area contributed by atoms with Gasteiger partial charge in [-0.25, -0.2) is 4.39 Å². The lowest BCUT2D eigenvalue weighted by Gasteiger charge is -2.13. The van der Waals surface area contributed by atoms with Crippen molar-refractivity contribution in [3.8, 4) is 11.5 Å². The van der Waals surface area contributed by atoms with Gasteiger partial charge >= 0.3 is 0 Å². The highest BCUT2D eigenvalue weighted by Gasteiger charge is 2.12. The maximum atomic E-state index is 12.9. The van der Waals surface area contributed by atoms with Crippen LogP contribution in [0.5, 0.6) is 11.5 Å². The number of hydrogen-bond donors (Lipinski definition) is 1. The Kier molecular flexibility index (Phi) is 7.07. The second-order valence-corrected chi connectivity index (χ2v) is 5.85. The Morgan fingerprint density at radius 3 is 2.56 bits per heavy atom. The molecule has 6 heteroatoms. The Labute approximate surface area is 151 Å². The molecular formula is C19H21ClFNO3. The normalized spacial score (nSPS) is 10.4. The van der Waals surface area contributed by atoms with Crippen LogP contribution in [-0.2, 0) is 17.8 Å². The molecule has 0 saturated carbocycles. The third-order valence-electron chi connectivity index (χ3n) is 3.62. The van der Waals surface area contributed by atoms with Gasteiger partial charge in [0.15, 0.2) is 11.5 Å². The number of carbonyl (C=O) groups is 1. The fourth-order valence-corrected chi connectivity index (χ4v) is 2.65. The van der Waals surface area contributed by atoms with Crippen LogP contribution in [0, 0.1) is 5.82 Å². The van der Waals surface area contributed by atoms with Crippen LogP contribution in [0.1, 0.15) is 24.5 Å². The molecule has 0 unspecified atom stereocenters. The Bertz CT molecular complexity index is 719. The van der Waals surface area contributed by atoms with Crippen LogP contribution in [0.2, 0.25) is 5.02 Å². The van der Waals surface area contributed by atoms with E-state index >= 15 is 0 Å². The monoisotopic (exact) mass is 365 g/mol. The van der Waals surface area contributed by atoms with Crippen LogP contribution in [0.25, 0.3) is 0 Å². The van der Waals surface area contributed by atoms with Gasteiger partial charge in [-0.05, 0) is 48.7 Å². The molecule has 0 radical (unpaired) electrons. The van der Waals surface area contributed by atoms with E-state index in [0.717, 1.165) is 11.1 Å². The summed E-state index contributed by atoms with van der Waals surface area (Å²) in [5.41, 5.74) is 1.74. The lowest BCUT2D eigenvalue weighted by Crippen LogP contribution is -2.23. The molecule has 1 amide bonds. The SMILES string of the molecule is CCOc1c(Cl)cc(CNC(=O)CCc2ccc(F)cc2)cc1OC. The molecule has 0 aromatic heterocycles. The lowest BCUT2D eigenvalue weighted by molar-refractivity contribution is -0.121. The molecule has 0 spiro atoms. The zero-order chi connectivity index (χ0) is 18.2. The smallest absolute Gasteiger partial charge is 0.220 e. The summed E-state index contributed by atoms with van der Waals surface area (Å²) < 4.78 is 23.6. The van der Waals surface area contributed by atoms with E-state index in [1.165, 1.54) is 12.1 Å². The number of benzene rings is 2. The van der Waals surface area contributed by atoms with Gasteiger partial charge in [0.05, 0.1) is 18.7 Å². The van der Waals surface area contributed by atoms with Gasteiger partial charge in [0.25, 0.3) is 0 Å². The Balaban J connectivity index is 1.90. The van der Waals surface area contributed by atoms with Gasteiger partial charge in [0.2, 0.25) is 5.91 Å². The highest BCUT2D eigenvalue weighted by atomic mass is 35.5. The minimum absolute atomic E-state index is 0.0895. The predicted octanol–water partition coefficient (Wildman–Crippen LogP) is 4.14. The van der Waals surface area contributed by atoms with Crippen LogP contribution in [0.15, 0.2) is 36.4 Å². The minimum atomic E-state index is -0.283. The van der Waals surface area contributed by atoms with Crippen LogP contribution in [0.4, 0.5) is 4.39 Å². The molecule has 0 aliphatic rings. The van der Waals surface area contributed by atoms with Gasteiger partial charge in [0, 0.05) is 13.0 Å². The first-order chi connectivity index (χ1) is 12.0. The zero-order valence-corrected chi connectivity index (χ0v) is 15.0. The van der Waals surface area contributed by atoms with E-state index in [1.54, 1.807) is 31.4 Å². The molecule has 0 aliphatic heterocycles. The van der Waals surface area contributed by atoms with Crippen LogP contribution >= 0.6 is 11.6 Å². The second kappa shape index (κ2) is 9.28. The van der Waals surface area contributed by atoms with Crippen molar-refractivity contribution in [2.45, 2.75) is 26.3 Å². The molecule has 4 nitrogen and oxygen atoms in total. The Morgan fingerprint density at radius 1 is 1.20 bits per heavy atom. The minimum Gasteiger partial charge on any atom is -0.493 e. The molecule has 2 aromatic carbocycles. The van der Waals surface area contributed by atoms with E-state index in [9.17, 15) is 9.18 Å². The van der Waals surface area contributed by atoms with Crippen molar-refractivity contribution in [2.24, 2.45) is 0 Å². The largest absolute Gasteiger partial charge is 0.493 e. The molecule has 0 saturated heterocycles. The average molecular weight is 366 g/mol. The summed E-state index contributed by atoms with van der Waals surface area (Å²) in [7, 11) is 1.54. The van der Waals surface area contributed by atoms with E-state index in [4.69, 9.17) is 21.1 Å². The summed E-state index contributed by atoms with van der Waals surface area (Å²) in [5, 5.41) is 3.28. The average Bonchev–Trinajstić information content (AvgIpc) is 2.61. The topological polar surface area (TPSA) is 47.6 Å². The number of methoxy groups -OCH3 is 1. The lowest BCUT2D eigenvalue weighted by atomic mass is 10.1. The Hall–Kier alpha value is -2.27. The molecule has 0 fully saturated rings. The van der Waals surface area contributed by atoms with Crippen molar-refractivity contribution in [2.75, 3.05) is 13.7 Å². The van der Waals surface area contributed by atoms with E-state index < -0.39 is 0 Å². The summed E-state index contributed by atoms with van der Waals surface area (Å²) in [6.07, 6.45) is 0.882. The molecule has 134 valence electrons. The zero-order valence-electron chi connectivity index (χ0n) is 14.3. The second-order valence-electron chi connectivity index (χ2n) is 5.45. The number of hydrogen-bond acceptors (Lipinski definition) is 3. The number of halogens is 2. The van der Waals surface area contributed by atoms with E-state index in [2.05, 4.69) is 5.32 Å². The molecule has 25 heavy (non-hydrogen) atoms. The van der Waals surface area contributed by atoms with Crippen molar-refractivity contribution in [3.63, 3.8) is 0 Å². The fraction of sp³-hybridized carbons (Fsp3) is 0.316. The van der Waals surface area contributed by atoms with Crippen LogP contribution < -0.4 is 14.8 Å². The standard InChI is InChI=1S/C19H21ClFNO3/c1-3-25-19-16(20)10-14(11-17(19)24-2)12-22-18(23)9-6-13-4-7-15(21)8-5-13/h4-5,7-8,10-11H,3,6,9,12H2,1-2H3,(H,22,23). The van der Waals surface area contributed by atoms with Crippen LogP contribution in [0.3, 0.4) is 0 Å². The number of rotatable bonds is 8. The number of aryl methyl sites for hydroxylation is 1. The fourth-order valence-electron chi connectivity index (χ4n) is 2.36. The van der Waals surface area contributed by atoms with Crippen molar-refractivity contribution >= 4 is 17.5 Å². The molecule has 0 bridgehead atoms. The van der Waals surface area contributed by atoms with Gasteiger partial charge in [-0.15, -0.1) is 0 Å². The first kappa shape index (κ1) is 19.1. The van der Waals surface area contributed by atoms with Gasteiger partial charge < -0.3 is 14.8 Å². The van der Waals surface area contributed by atoms with Gasteiger partial charge in [-0.2, -0.15) is 0 Å². The molecule has 2 rings (SSSR count). The summed E-state index contributed by atoms with van der Waals surface area (Å²) >= 11 is 6.21. The molecule has 0 heterocycles.